The van der Waals surface area contributed by atoms with E-state index in [1.807, 2.05) is 0 Å². The molecule has 0 bridgehead atoms. The molecular weight excluding hydrogens is 250 g/mol. The van der Waals surface area contributed by atoms with E-state index in [0.717, 1.165) is 0 Å². The third-order valence-electron chi connectivity index (χ3n) is 1.90. The highest BCUT2D eigenvalue weighted by molar-refractivity contribution is 7.17. The van der Waals surface area contributed by atoms with Crippen molar-refractivity contribution >= 4 is 34.8 Å². The molecule has 2 N–H and O–H groups in total. The first-order valence-corrected chi connectivity index (χ1v) is 6.04. The van der Waals surface area contributed by atoms with Gasteiger partial charge in [-0.25, -0.2) is 0 Å². The zero-order valence-corrected chi connectivity index (χ0v) is 10.1. The van der Waals surface area contributed by atoms with Gasteiger partial charge in [-0.3, -0.25) is 9.59 Å². The number of carboxylic acid groups (broad SMARTS) is 1. The molecule has 1 heterocycles. The topological polar surface area (TPSA) is 66.4 Å². The second kappa shape index (κ2) is 6.50. The minimum atomic E-state index is -0.809. The van der Waals surface area contributed by atoms with Gasteiger partial charge in [0.05, 0.1) is 9.21 Å². The summed E-state index contributed by atoms with van der Waals surface area (Å²) in [4.78, 5) is 22.3. The zero-order chi connectivity index (χ0) is 12.0. The highest BCUT2D eigenvalue weighted by atomic mass is 35.5. The molecule has 0 unspecified atom stereocenters. The molecular formula is C10H12ClNO3S. The molecule has 0 saturated carbocycles. The maximum Gasteiger partial charge on any atom is 0.303 e. The second-order valence-corrected chi connectivity index (χ2v) is 4.93. The fourth-order valence-corrected chi connectivity index (χ4v) is 2.09. The minimum Gasteiger partial charge on any atom is -0.481 e. The van der Waals surface area contributed by atoms with Gasteiger partial charge in [0.15, 0.2) is 0 Å². The van der Waals surface area contributed by atoms with E-state index in [0.29, 0.717) is 28.6 Å². The lowest BCUT2D eigenvalue weighted by atomic mass is 10.2. The van der Waals surface area contributed by atoms with Crippen molar-refractivity contribution in [1.82, 2.24) is 5.32 Å². The fourth-order valence-electron chi connectivity index (χ4n) is 1.13. The van der Waals surface area contributed by atoms with Crippen molar-refractivity contribution in [3.63, 3.8) is 0 Å². The summed E-state index contributed by atoms with van der Waals surface area (Å²) in [6.07, 6.45) is 1.37. The molecule has 4 nitrogen and oxygen atoms in total. The quantitative estimate of drug-likeness (QED) is 0.773. The van der Waals surface area contributed by atoms with E-state index >= 15 is 0 Å². The first kappa shape index (κ1) is 13.0. The van der Waals surface area contributed by atoms with Crippen LogP contribution in [0.1, 0.15) is 28.9 Å². The van der Waals surface area contributed by atoms with Gasteiger partial charge >= 0.3 is 5.97 Å². The van der Waals surface area contributed by atoms with Crippen molar-refractivity contribution in [3.05, 3.63) is 21.3 Å². The van der Waals surface area contributed by atoms with Gasteiger partial charge in [0.2, 0.25) is 0 Å². The fraction of sp³-hybridized carbons (Fsp3) is 0.400. The predicted molar refractivity (Wildman–Crippen MR) is 63.1 cm³/mol. The Bertz CT molecular complexity index is 378. The number of carbonyl (C=O) groups excluding carboxylic acids is 1. The number of hydrogen-bond donors (Lipinski definition) is 2. The van der Waals surface area contributed by atoms with Gasteiger partial charge < -0.3 is 10.4 Å². The molecule has 0 fully saturated rings. The zero-order valence-electron chi connectivity index (χ0n) is 8.53. The maximum absolute atomic E-state index is 11.5. The molecule has 0 aliphatic heterocycles. The van der Waals surface area contributed by atoms with E-state index in [1.165, 1.54) is 11.3 Å². The smallest absolute Gasteiger partial charge is 0.303 e. The van der Waals surface area contributed by atoms with Gasteiger partial charge in [0.25, 0.3) is 5.91 Å². The largest absolute Gasteiger partial charge is 0.481 e. The Hall–Kier alpha value is -1.07. The Morgan fingerprint density at radius 3 is 2.69 bits per heavy atom. The molecule has 0 aliphatic carbocycles. The van der Waals surface area contributed by atoms with Crippen LogP contribution in [0.2, 0.25) is 4.34 Å². The number of aliphatic carboxylic acids is 1. The van der Waals surface area contributed by atoms with Crippen LogP contribution < -0.4 is 5.32 Å². The van der Waals surface area contributed by atoms with Crippen LogP contribution in [0.5, 0.6) is 0 Å². The van der Waals surface area contributed by atoms with Crippen molar-refractivity contribution in [3.8, 4) is 0 Å². The van der Waals surface area contributed by atoms with Crippen LogP contribution in [0, 0.1) is 0 Å². The van der Waals surface area contributed by atoms with Crippen LogP contribution in [-0.2, 0) is 4.79 Å². The average molecular weight is 262 g/mol. The minimum absolute atomic E-state index is 0.140. The molecule has 1 aromatic heterocycles. The number of rotatable bonds is 6. The summed E-state index contributed by atoms with van der Waals surface area (Å²) in [6.45, 7) is 0.488. The van der Waals surface area contributed by atoms with E-state index < -0.39 is 5.97 Å². The molecule has 16 heavy (non-hydrogen) atoms. The van der Waals surface area contributed by atoms with Crippen LogP contribution in [-0.4, -0.2) is 23.5 Å². The van der Waals surface area contributed by atoms with Gasteiger partial charge in [0, 0.05) is 13.0 Å². The lowest BCUT2D eigenvalue weighted by molar-refractivity contribution is -0.137. The highest BCUT2D eigenvalue weighted by Crippen LogP contribution is 2.20. The average Bonchev–Trinajstić information content (AvgIpc) is 2.63. The Kier molecular flexibility index (Phi) is 5.28. The van der Waals surface area contributed by atoms with Crippen LogP contribution in [0.25, 0.3) is 0 Å². The molecule has 0 aromatic carbocycles. The van der Waals surface area contributed by atoms with Crippen molar-refractivity contribution in [1.29, 1.82) is 0 Å². The monoisotopic (exact) mass is 261 g/mol. The predicted octanol–water partition coefficient (Wildman–Crippen LogP) is 2.39. The summed E-state index contributed by atoms with van der Waals surface area (Å²) in [5.41, 5.74) is 0. The highest BCUT2D eigenvalue weighted by Gasteiger charge is 2.07. The van der Waals surface area contributed by atoms with Crippen LogP contribution in [0.15, 0.2) is 12.1 Å². The molecule has 0 saturated heterocycles. The molecule has 0 radical (unpaired) electrons. The summed E-state index contributed by atoms with van der Waals surface area (Å²) in [5.74, 6) is -0.969. The Morgan fingerprint density at radius 1 is 1.38 bits per heavy atom. The van der Waals surface area contributed by atoms with E-state index in [1.54, 1.807) is 12.1 Å². The van der Waals surface area contributed by atoms with Gasteiger partial charge in [-0.05, 0) is 25.0 Å². The van der Waals surface area contributed by atoms with E-state index in [4.69, 9.17) is 16.7 Å². The Morgan fingerprint density at radius 2 is 2.12 bits per heavy atom. The van der Waals surface area contributed by atoms with E-state index in [-0.39, 0.29) is 12.3 Å². The van der Waals surface area contributed by atoms with E-state index in [2.05, 4.69) is 5.32 Å². The summed E-state index contributed by atoms with van der Waals surface area (Å²) >= 11 is 6.92. The third-order valence-corrected chi connectivity index (χ3v) is 3.13. The lowest BCUT2D eigenvalue weighted by Crippen LogP contribution is -2.23. The summed E-state index contributed by atoms with van der Waals surface area (Å²) in [5, 5.41) is 11.1. The van der Waals surface area contributed by atoms with E-state index in [9.17, 15) is 9.59 Å². The number of nitrogens with one attached hydrogen (secondary N) is 1. The number of carbonyl (C=O) groups is 2. The number of amides is 1. The number of thiophene rings is 1. The maximum atomic E-state index is 11.5. The summed E-state index contributed by atoms with van der Waals surface area (Å²) < 4.78 is 0.580. The molecule has 0 spiro atoms. The molecule has 0 aliphatic rings. The summed E-state index contributed by atoms with van der Waals surface area (Å²) in [6, 6.07) is 3.34. The Balaban J connectivity index is 2.18. The van der Waals surface area contributed by atoms with Crippen LogP contribution in [0.4, 0.5) is 0 Å². The van der Waals surface area contributed by atoms with Crippen molar-refractivity contribution < 1.29 is 14.7 Å². The van der Waals surface area contributed by atoms with Crippen molar-refractivity contribution in [2.75, 3.05) is 6.54 Å². The molecule has 6 heteroatoms. The molecule has 1 rings (SSSR count). The van der Waals surface area contributed by atoms with Crippen LogP contribution in [0.3, 0.4) is 0 Å². The van der Waals surface area contributed by atoms with Crippen molar-refractivity contribution in [2.24, 2.45) is 0 Å². The number of carboxylic acids is 1. The standard InChI is InChI=1S/C10H12ClNO3S/c11-8-5-4-7(16-8)10(15)12-6-2-1-3-9(13)14/h4-5H,1-3,6H2,(H,12,15)(H,13,14). The lowest BCUT2D eigenvalue weighted by Gasteiger charge is -2.01. The molecule has 1 aromatic rings. The van der Waals surface area contributed by atoms with Gasteiger partial charge in [-0.15, -0.1) is 11.3 Å². The normalized spacial score (nSPS) is 10.1. The third kappa shape index (κ3) is 4.63. The number of halogens is 1. The van der Waals surface area contributed by atoms with Crippen molar-refractivity contribution in [2.45, 2.75) is 19.3 Å². The van der Waals surface area contributed by atoms with Gasteiger partial charge in [-0.1, -0.05) is 11.6 Å². The Labute approximate surface area is 102 Å². The second-order valence-electron chi connectivity index (χ2n) is 3.21. The molecule has 0 atom stereocenters. The van der Waals surface area contributed by atoms with Gasteiger partial charge in [-0.2, -0.15) is 0 Å². The molecule has 1 amide bonds. The molecule has 88 valence electrons. The first-order valence-electron chi connectivity index (χ1n) is 4.85. The number of hydrogen-bond acceptors (Lipinski definition) is 3. The van der Waals surface area contributed by atoms with Gasteiger partial charge in [0.1, 0.15) is 0 Å². The SMILES string of the molecule is O=C(O)CCCCNC(=O)c1ccc(Cl)s1. The number of unbranched alkanes of at least 4 members (excludes halogenated alkanes) is 1. The van der Waals surface area contributed by atoms with Crippen LogP contribution >= 0.6 is 22.9 Å². The summed E-state index contributed by atoms with van der Waals surface area (Å²) in [7, 11) is 0. The first-order chi connectivity index (χ1) is 7.59.